The van der Waals surface area contributed by atoms with Gasteiger partial charge in [0, 0.05) is 0 Å². The van der Waals surface area contributed by atoms with Crippen LogP contribution in [0.15, 0.2) is 23.0 Å². The number of furan rings is 1. The molecule has 1 aliphatic heterocycles. The van der Waals surface area contributed by atoms with Crippen LogP contribution in [0, 0.1) is 5.92 Å². The second-order valence-corrected chi connectivity index (χ2v) is 3.82. The number of hydrogen-bond donors (Lipinski definition) is 1. The van der Waals surface area contributed by atoms with Crippen molar-refractivity contribution in [3.8, 4) is 0 Å². The van der Waals surface area contributed by atoms with E-state index in [9.17, 15) is 0 Å². The molecule has 1 aromatic heterocycles. The minimum atomic E-state index is 0.713. The highest BCUT2D eigenvalue weighted by atomic mass is 16.3. The molecule has 2 atom stereocenters. The lowest BCUT2D eigenvalue weighted by Crippen LogP contribution is -2.34. The van der Waals surface area contributed by atoms with Crippen LogP contribution in [-0.4, -0.2) is 13.1 Å². The first-order valence-electron chi connectivity index (χ1n) is 5.14. The molecule has 1 fully saturated rings. The molecular weight excluding hydrogens is 162 g/mol. The van der Waals surface area contributed by atoms with Gasteiger partial charge in [-0.05, 0) is 43.0 Å². The van der Waals surface area contributed by atoms with Crippen LogP contribution in [0.25, 0.3) is 0 Å². The Kier molecular flexibility index (Phi) is 2.69. The van der Waals surface area contributed by atoms with Gasteiger partial charge in [0.2, 0.25) is 0 Å². The average molecular weight is 179 g/mol. The molecule has 1 unspecified atom stereocenters. The molecule has 0 spiro atoms. The summed E-state index contributed by atoms with van der Waals surface area (Å²) in [6.07, 6.45) is 6.18. The summed E-state index contributed by atoms with van der Waals surface area (Å²) in [7, 11) is 0. The third-order valence-corrected chi connectivity index (χ3v) is 3.10. The second-order valence-electron chi connectivity index (χ2n) is 3.82. The van der Waals surface area contributed by atoms with Crippen molar-refractivity contribution in [3.63, 3.8) is 0 Å². The molecule has 13 heavy (non-hydrogen) atoms. The zero-order valence-corrected chi connectivity index (χ0v) is 8.12. The third-order valence-electron chi connectivity index (χ3n) is 3.10. The van der Waals surface area contributed by atoms with E-state index in [1.165, 1.54) is 18.4 Å². The highest BCUT2D eigenvalue weighted by Crippen LogP contribution is 2.32. The quantitative estimate of drug-likeness (QED) is 0.754. The SMILES string of the molecule is CCC1CNCC[C@H]1c1ccoc1. The summed E-state index contributed by atoms with van der Waals surface area (Å²) in [4.78, 5) is 0. The van der Waals surface area contributed by atoms with E-state index in [2.05, 4.69) is 18.3 Å². The standard InChI is InChI=1S/C11H17NO/c1-2-9-7-12-5-3-11(9)10-4-6-13-8-10/h4,6,8-9,11-12H,2-3,5,7H2,1H3/t9?,11-/m1/s1. The normalized spacial score (nSPS) is 29.0. The summed E-state index contributed by atoms with van der Waals surface area (Å²) in [6, 6.07) is 2.11. The smallest absolute Gasteiger partial charge is 0.0937 e. The van der Waals surface area contributed by atoms with Gasteiger partial charge in [-0.15, -0.1) is 0 Å². The predicted molar refractivity (Wildman–Crippen MR) is 52.7 cm³/mol. The zero-order valence-electron chi connectivity index (χ0n) is 8.12. The molecule has 0 aliphatic carbocycles. The fraction of sp³-hybridized carbons (Fsp3) is 0.636. The van der Waals surface area contributed by atoms with E-state index in [-0.39, 0.29) is 0 Å². The molecule has 0 saturated carbocycles. The van der Waals surface area contributed by atoms with E-state index in [4.69, 9.17) is 4.42 Å². The Balaban J connectivity index is 2.11. The van der Waals surface area contributed by atoms with Crippen molar-refractivity contribution < 1.29 is 4.42 Å². The van der Waals surface area contributed by atoms with E-state index < -0.39 is 0 Å². The Morgan fingerprint density at radius 2 is 2.54 bits per heavy atom. The van der Waals surface area contributed by atoms with Crippen LogP contribution in [0.4, 0.5) is 0 Å². The molecule has 2 rings (SSSR count). The Bertz CT molecular complexity index is 243. The summed E-state index contributed by atoms with van der Waals surface area (Å²) in [5.41, 5.74) is 1.38. The predicted octanol–water partition coefficient (Wildman–Crippen LogP) is 2.38. The second kappa shape index (κ2) is 3.97. The molecule has 0 bridgehead atoms. The topological polar surface area (TPSA) is 25.2 Å². The lowest BCUT2D eigenvalue weighted by atomic mass is 9.81. The highest BCUT2D eigenvalue weighted by molar-refractivity contribution is 5.14. The maximum atomic E-state index is 5.14. The van der Waals surface area contributed by atoms with Gasteiger partial charge < -0.3 is 9.73 Å². The lowest BCUT2D eigenvalue weighted by molar-refractivity contribution is 0.316. The summed E-state index contributed by atoms with van der Waals surface area (Å²) in [5, 5.41) is 3.45. The van der Waals surface area contributed by atoms with Crippen molar-refractivity contribution in [1.29, 1.82) is 0 Å². The maximum Gasteiger partial charge on any atom is 0.0937 e. The molecule has 2 heteroatoms. The molecule has 1 N–H and O–H groups in total. The zero-order chi connectivity index (χ0) is 9.10. The largest absolute Gasteiger partial charge is 0.472 e. The molecule has 72 valence electrons. The van der Waals surface area contributed by atoms with E-state index in [0.29, 0.717) is 5.92 Å². The van der Waals surface area contributed by atoms with Crippen molar-refractivity contribution in [1.82, 2.24) is 5.32 Å². The fourth-order valence-electron chi connectivity index (χ4n) is 2.28. The van der Waals surface area contributed by atoms with E-state index in [0.717, 1.165) is 19.0 Å². The minimum absolute atomic E-state index is 0.713. The van der Waals surface area contributed by atoms with Crippen molar-refractivity contribution in [2.75, 3.05) is 13.1 Å². The number of hydrogen-bond acceptors (Lipinski definition) is 2. The average Bonchev–Trinajstić information content (AvgIpc) is 2.70. The van der Waals surface area contributed by atoms with Gasteiger partial charge in [0.25, 0.3) is 0 Å². The summed E-state index contributed by atoms with van der Waals surface area (Å²) in [5.74, 6) is 1.50. The van der Waals surface area contributed by atoms with Crippen LogP contribution in [0.1, 0.15) is 31.2 Å². The van der Waals surface area contributed by atoms with Crippen molar-refractivity contribution >= 4 is 0 Å². The van der Waals surface area contributed by atoms with E-state index in [1.807, 2.05) is 6.26 Å². The molecule has 2 nitrogen and oxygen atoms in total. The minimum Gasteiger partial charge on any atom is -0.472 e. The van der Waals surface area contributed by atoms with Crippen LogP contribution in [-0.2, 0) is 0 Å². The Morgan fingerprint density at radius 3 is 3.23 bits per heavy atom. The summed E-state index contributed by atoms with van der Waals surface area (Å²) >= 11 is 0. The number of piperidine rings is 1. The van der Waals surface area contributed by atoms with Gasteiger partial charge in [-0.2, -0.15) is 0 Å². The van der Waals surface area contributed by atoms with Crippen molar-refractivity contribution in [2.24, 2.45) is 5.92 Å². The first-order chi connectivity index (χ1) is 6.42. The summed E-state index contributed by atoms with van der Waals surface area (Å²) in [6.45, 7) is 4.57. The van der Waals surface area contributed by atoms with Crippen LogP contribution < -0.4 is 5.32 Å². The molecule has 0 radical (unpaired) electrons. The van der Waals surface area contributed by atoms with E-state index in [1.54, 1.807) is 6.26 Å². The van der Waals surface area contributed by atoms with Gasteiger partial charge in [-0.25, -0.2) is 0 Å². The Morgan fingerprint density at radius 1 is 1.62 bits per heavy atom. The third kappa shape index (κ3) is 1.78. The van der Waals surface area contributed by atoms with Crippen LogP contribution >= 0.6 is 0 Å². The molecular formula is C11H17NO. The van der Waals surface area contributed by atoms with Gasteiger partial charge in [-0.1, -0.05) is 13.3 Å². The number of rotatable bonds is 2. The van der Waals surface area contributed by atoms with Crippen LogP contribution in [0.2, 0.25) is 0 Å². The highest BCUT2D eigenvalue weighted by Gasteiger charge is 2.25. The van der Waals surface area contributed by atoms with Gasteiger partial charge in [-0.3, -0.25) is 0 Å². The van der Waals surface area contributed by atoms with Crippen LogP contribution in [0.5, 0.6) is 0 Å². The van der Waals surface area contributed by atoms with Gasteiger partial charge in [0.15, 0.2) is 0 Å². The van der Waals surface area contributed by atoms with E-state index >= 15 is 0 Å². The first-order valence-corrected chi connectivity index (χ1v) is 5.14. The monoisotopic (exact) mass is 179 g/mol. The molecule has 0 amide bonds. The maximum absolute atomic E-state index is 5.14. The van der Waals surface area contributed by atoms with Crippen LogP contribution in [0.3, 0.4) is 0 Å². The molecule has 1 aromatic rings. The van der Waals surface area contributed by atoms with Gasteiger partial charge >= 0.3 is 0 Å². The first kappa shape index (κ1) is 8.82. The van der Waals surface area contributed by atoms with Crippen molar-refractivity contribution in [3.05, 3.63) is 24.2 Å². The molecule has 1 saturated heterocycles. The molecule has 0 aromatic carbocycles. The van der Waals surface area contributed by atoms with Gasteiger partial charge in [0.1, 0.15) is 0 Å². The van der Waals surface area contributed by atoms with Gasteiger partial charge in [0.05, 0.1) is 12.5 Å². The summed E-state index contributed by atoms with van der Waals surface area (Å²) < 4.78 is 5.14. The molecule has 1 aliphatic rings. The molecule has 2 heterocycles. The Hall–Kier alpha value is -0.760. The fourth-order valence-corrected chi connectivity index (χ4v) is 2.28. The Labute approximate surface area is 79.3 Å². The van der Waals surface area contributed by atoms with Crippen molar-refractivity contribution in [2.45, 2.75) is 25.7 Å². The number of nitrogens with one attached hydrogen (secondary N) is 1. The lowest BCUT2D eigenvalue weighted by Gasteiger charge is -2.30.